The van der Waals surface area contributed by atoms with Gasteiger partial charge in [-0.15, -0.1) is 35.4 Å². The molecule has 0 aliphatic rings. The van der Waals surface area contributed by atoms with E-state index in [0.717, 1.165) is 25.5 Å². The second-order valence-electron chi connectivity index (χ2n) is 5.17. The van der Waals surface area contributed by atoms with Crippen molar-refractivity contribution in [3.63, 3.8) is 0 Å². The van der Waals surface area contributed by atoms with Gasteiger partial charge in [0.15, 0.2) is 0 Å². The van der Waals surface area contributed by atoms with Gasteiger partial charge in [0.25, 0.3) is 0 Å². The third kappa shape index (κ3) is 7.43. The Kier molecular flexibility index (Phi) is 9.30. The van der Waals surface area contributed by atoms with Crippen LogP contribution in [0.1, 0.15) is 9.68 Å². The first-order valence-electron chi connectivity index (χ1n) is 8.06. The van der Waals surface area contributed by atoms with Gasteiger partial charge in [-0.25, -0.2) is 0 Å². The van der Waals surface area contributed by atoms with E-state index < -0.39 is 14.9 Å². The van der Waals surface area contributed by atoms with Crippen LogP contribution in [0.3, 0.4) is 0 Å². The van der Waals surface area contributed by atoms with Crippen molar-refractivity contribution in [3.8, 4) is 11.3 Å². The zero-order valence-corrected chi connectivity index (χ0v) is 17.0. The Morgan fingerprint density at radius 2 is 1.68 bits per heavy atom. The smallest absolute Gasteiger partial charge is 0.0795 e. The maximum Gasteiger partial charge on any atom is 0.0795 e. The van der Waals surface area contributed by atoms with E-state index in [2.05, 4.69) is 36.8 Å². The number of hydrogen-bond acceptors (Lipinski definition) is 3. The van der Waals surface area contributed by atoms with Crippen LogP contribution in [0, 0.1) is 12.9 Å². The van der Waals surface area contributed by atoms with E-state index in [9.17, 15) is 0 Å². The Morgan fingerprint density at radius 3 is 2.05 bits per heavy atom. The molecule has 0 aliphatic heterocycles. The predicted molar refractivity (Wildman–Crippen MR) is 92.5 cm³/mol. The number of aromatic nitrogens is 1. The number of aryl methyl sites for hydroxylation is 1. The van der Waals surface area contributed by atoms with Gasteiger partial charge in [0.1, 0.15) is 0 Å². The summed E-state index contributed by atoms with van der Waals surface area (Å²) in [5, 5.41) is 15.3. The normalized spacial score (nSPS) is 12.0. The number of benzene rings is 1. The van der Waals surface area contributed by atoms with Crippen molar-refractivity contribution in [1.29, 1.82) is 0 Å². The molecule has 2 aromatic rings. The van der Waals surface area contributed by atoms with Crippen LogP contribution in [-0.4, -0.2) is 37.5 Å². The standard InChI is InChI=1S/C15H18NSi.2CH4O.Ir/c1-12-5-7-13(8-6-12)15-10-9-14(11-16-15)17(2,3)4;2*1-2;/h5-7,9-11H,1-4H3;2*2H,1H3;/q-1;;;/i1D3;;;. The molecule has 125 valence electrons. The number of rotatable bonds is 2. The van der Waals surface area contributed by atoms with E-state index in [1.54, 1.807) is 12.1 Å². The number of aliphatic hydroxyl groups excluding tert-OH is 2. The van der Waals surface area contributed by atoms with Gasteiger partial charge < -0.3 is 15.2 Å². The topological polar surface area (TPSA) is 53.4 Å². The molecule has 0 fully saturated rings. The molecule has 1 aromatic carbocycles. The first kappa shape index (κ1) is 17.5. The van der Waals surface area contributed by atoms with Crippen LogP contribution in [0.15, 0.2) is 36.5 Å². The molecule has 0 unspecified atom stereocenters. The zero-order valence-electron chi connectivity index (χ0n) is 16.6. The molecule has 22 heavy (non-hydrogen) atoms. The maximum absolute atomic E-state index is 7.35. The minimum absolute atomic E-state index is 0. The second-order valence-corrected chi connectivity index (χ2v) is 10.3. The first-order valence-corrected chi connectivity index (χ1v) is 10.1. The minimum atomic E-state index is -2.08. The zero-order chi connectivity index (χ0) is 19.0. The number of pyridine rings is 1. The van der Waals surface area contributed by atoms with Crippen LogP contribution in [0.5, 0.6) is 0 Å². The van der Waals surface area contributed by atoms with Gasteiger partial charge in [-0.2, -0.15) is 0 Å². The van der Waals surface area contributed by atoms with Gasteiger partial charge >= 0.3 is 0 Å². The molecule has 2 rings (SSSR count). The Morgan fingerprint density at radius 1 is 1.05 bits per heavy atom. The Balaban J connectivity index is 0. The van der Waals surface area contributed by atoms with E-state index >= 15 is 0 Å². The van der Waals surface area contributed by atoms with Gasteiger partial charge in [0, 0.05) is 44.6 Å². The van der Waals surface area contributed by atoms with Crippen molar-refractivity contribution in [2.45, 2.75) is 26.5 Å². The van der Waals surface area contributed by atoms with Crippen molar-refractivity contribution in [1.82, 2.24) is 4.98 Å². The van der Waals surface area contributed by atoms with Crippen LogP contribution >= 0.6 is 0 Å². The van der Waals surface area contributed by atoms with E-state index in [-0.39, 0.29) is 20.1 Å². The fraction of sp³-hybridized carbons (Fsp3) is 0.353. The Labute approximate surface area is 153 Å². The quantitative estimate of drug-likeness (QED) is 0.494. The summed E-state index contributed by atoms with van der Waals surface area (Å²) in [6.45, 7) is 4.76. The molecule has 0 spiro atoms. The third-order valence-corrected chi connectivity index (χ3v) is 4.75. The van der Waals surface area contributed by atoms with E-state index in [1.807, 2.05) is 12.3 Å². The predicted octanol–water partition coefficient (Wildman–Crippen LogP) is 2.62. The third-order valence-electron chi connectivity index (χ3n) is 2.72. The van der Waals surface area contributed by atoms with E-state index in [4.69, 9.17) is 14.3 Å². The Hall–Kier alpha value is -0.844. The SMILES string of the molecule is CO.CO.[2H]C([2H])([2H])c1c[c-]c(-c2ccc([Si](C)(C)C)cn2)cc1.[Ir]. The summed E-state index contributed by atoms with van der Waals surface area (Å²) in [4.78, 5) is 4.47. The molecule has 0 saturated heterocycles. The molecule has 0 saturated carbocycles. The summed E-state index contributed by atoms with van der Waals surface area (Å²) in [7, 11) is 0.662. The van der Waals surface area contributed by atoms with Crippen LogP contribution in [0.4, 0.5) is 0 Å². The number of nitrogens with zero attached hydrogens (tertiary/aromatic N) is 1. The molecule has 0 atom stereocenters. The van der Waals surface area contributed by atoms with Gasteiger partial charge in [-0.3, -0.25) is 0 Å². The van der Waals surface area contributed by atoms with Crippen LogP contribution in [-0.2, 0) is 20.1 Å². The van der Waals surface area contributed by atoms with Crippen molar-refractivity contribution < 1.29 is 34.4 Å². The largest absolute Gasteiger partial charge is 0.400 e. The van der Waals surface area contributed by atoms with Gasteiger partial charge in [-0.1, -0.05) is 38.6 Å². The van der Waals surface area contributed by atoms with Crippen molar-refractivity contribution in [3.05, 3.63) is 48.2 Å². The molecule has 1 aromatic heterocycles. The van der Waals surface area contributed by atoms with Gasteiger partial charge in [0.2, 0.25) is 0 Å². The summed E-state index contributed by atoms with van der Waals surface area (Å²) in [5.74, 6) is 0. The molecular weight excluding hydrogens is 470 g/mol. The summed E-state index contributed by atoms with van der Waals surface area (Å²) in [6.07, 6.45) is 1.92. The van der Waals surface area contributed by atoms with Crippen LogP contribution < -0.4 is 5.19 Å². The summed E-state index contributed by atoms with van der Waals surface area (Å²) >= 11 is 0. The minimum Gasteiger partial charge on any atom is -0.400 e. The van der Waals surface area contributed by atoms with E-state index in [0.29, 0.717) is 5.56 Å². The summed E-state index contributed by atoms with van der Waals surface area (Å²) in [5.41, 5.74) is 1.95. The summed E-state index contributed by atoms with van der Waals surface area (Å²) < 4.78 is 22.0. The van der Waals surface area contributed by atoms with E-state index in [1.165, 1.54) is 11.3 Å². The molecule has 0 amide bonds. The number of hydrogen-bond donors (Lipinski definition) is 2. The average Bonchev–Trinajstić information content (AvgIpc) is 2.57. The molecule has 1 heterocycles. The monoisotopic (exact) mass is 500 g/mol. The molecule has 5 heteroatoms. The molecular formula is C17H26IrNO2Si-. The Bertz CT molecular complexity index is 542. The fourth-order valence-corrected chi connectivity index (χ4v) is 2.62. The van der Waals surface area contributed by atoms with Gasteiger partial charge in [-0.05, 0) is 10.9 Å². The first-order chi connectivity index (χ1) is 11.2. The number of aliphatic hydroxyl groups is 2. The molecule has 0 bridgehead atoms. The maximum atomic E-state index is 7.35. The van der Waals surface area contributed by atoms with Crippen LogP contribution in [0.25, 0.3) is 11.3 Å². The molecule has 1 radical (unpaired) electrons. The van der Waals surface area contributed by atoms with Crippen molar-refractivity contribution >= 4 is 13.3 Å². The van der Waals surface area contributed by atoms with Crippen molar-refractivity contribution in [2.75, 3.05) is 14.2 Å². The molecule has 3 nitrogen and oxygen atoms in total. The van der Waals surface area contributed by atoms with Crippen LogP contribution in [0.2, 0.25) is 19.6 Å². The van der Waals surface area contributed by atoms with Crippen molar-refractivity contribution in [2.24, 2.45) is 0 Å². The molecule has 2 N–H and O–H groups in total. The fourth-order valence-electron chi connectivity index (χ4n) is 1.58. The summed E-state index contributed by atoms with van der Waals surface area (Å²) in [6, 6.07) is 12.0. The second kappa shape index (κ2) is 11.7. The molecule has 0 aliphatic carbocycles. The van der Waals surface area contributed by atoms with Gasteiger partial charge in [0.05, 0.1) is 8.07 Å². The average molecular weight is 500 g/mol.